The predicted molar refractivity (Wildman–Crippen MR) is 108 cm³/mol. The maximum absolute atomic E-state index is 13.2. The maximum atomic E-state index is 13.2. The highest BCUT2D eigenvalue weighted by molar-refractivity contribution is 7.17. The molecular formula is C20H23N5O2S. The third-order valence-corrected chi connectivity index (χ3v) is 7.22. The van der Waals surface area contributed by atoms with Crippen molar-refractivity contribution in [3.8, 4) is 5.95 Å². The maximum Gasteiger partial charge on any atom is 0.270 e. The predicted octanol–water partition coefficient (Wildman–Crippen LogP) is 3.13. The smallest absolute Gasteiger partial charge is 0.270 e. The van der Waals surface area contributed by atoms with Crippen molar-refractivity contribution >= 4 is 27.5 Å². The second-order valence-corrected chi connectivity index (χ2v) is 8.84. The Labute approximate surface area is 166 Å². The zero-order chi connectivity index (χ0) is 19.3. The number of carbonyl (C=O) groups excluding carboxylic acids is 1. The van der Waals surface area contributed by atoms with E-state index in [1.165, 1.54) is 37.0 Å². The topological polar surface area (TPSA) is 83.9 Å². The number of nitrogens with one attached hydrogen (secondary N) is 1. The molecule has 1 saturated carbocycles. The molecule has 1 amide bonds. The zero-order valence-corrected chi connectivity index (χ0v) is 16.7. The number of thiophene rings is 1. The first-order chi connectivity index (χ1) is 13.6. The van der Waals surface area contributed by atoms with Crippen molar-refractivity contribution in [2.24, 2.45) is 11.8 Å². The van der Waals surface area contributed by atoms with Gasteiger partial charge in [0.15, 0.2) is 0 Å². The number of amides is 1. The first-order valence-corrected chi connectivity index (χ1v) is 10.8. The van der Waals surface area contributed by atoms with Crippen LogP contribution in [0.25, 0.3) is 16.2 Å². The summed E-state index contributed by atoms with van der Waals surface area (Å²) in [6.45, 7) is 3.52. The van der Waals surface area contributed by atoms with Gasteiger partial charge in [-0.2, -0.15) is 5.10 Å². The van der Waals surface area contributed by atoms with Gasteiger partial charge in [-0.1, -0.05) is 19.3 Å². The van der Waals surface area contributed by atoms with Crippen molar-refractivity contribution in [3.63, 3.8) is 0 Å². The van der Waals surface area contributed by atoms with E-state index >= 15 is 0 Å². The first-order valence-electron chi connectivity index (χ1n) is 9.93. The molecule has 146 valence electrons. The minimum absolute atomic E-state index is 0.0340. The molecule has 1 N–H and O–H groups in total. The summed E-state index contributed by atoms with van der Waals surface area (Å²) in [5, 5.41) is 6.20. The van der Waals surface area contributed by atoms with Gasteiger partial charge in [0, 0.05) is 13.1 Å². The van der Waals surface area contributed by atoms with Crippen LogP contribution < -0.4 is 5.56 Å². The molecular weight excluding hydrogens is 374 g/mol. The summed E-state index contributed by atoms with van der Waals surface area (Å²) in [6, 6.07) is 1.82. The van der Waals surface area contributed by atoms with Gasteiger partial charge >= 0.3 is 0 Å². The zero-order valence-electron chi connectivity index (χ0n) is 15.9. The number of nitrogens with zero attached hydrogens (tertiary/aromatic N) is 4. The van der Waals surface area contributed by atoms with Crippen molar-refractivity contribution in [3.05, 3.63) is 39.3 Å². The highest BCUT2D eigenvalue weighted by Gasteiger charge is 2.34. The highest BCUT2D eigenvalue weighted by atomic mass is 32.1. The number of rotatable bonds is 2. The summed E-state index contributed by atoms with van der Waals surface area (Å²) < 4.78 is 2.15. The fraction of sp³-hybridized carbons (Fsp3) is 0.500. The van der Waals surface area contributed by atoms with Gasteiger partial charge in [-0.15, -0.1) is 11.3 Å². The van der Waals surface area contributed by atoms with Crippen LogP contribution in [0.5, 0.6) is 0 Å². The first kappa shape index (κ1) is 17.6. The van der Waals surface area contributed by atoms with Gasteiger partial charge < -0.3 is 4.90 Å². The van der Waals surface area contributed by atoms with Gasteiger partial charge in [0.1, 0.15) is 4.70 Å². The molecule has 0 aromatic carbocycles. The van der Waals surface area contributed by atoms with E-state index in [0.29, 0.717) is 33.3 Å². The molecule has 4 heterocycles. The number of piperidine rings is 1. The molecule has 7 nitrogen and oxygen atoms in total. The van der Waals surface area contributed by atoms with Crippen LogP contribution in [0.15, 0.2) is 22.4 Å². The van der Waals surface area contributed by atoms with Crippen molar-refractivity contribution in [2.45, 2.75) is 39.0 Å². The van der Waals surface area contributed by atoms with E-state index in [1.54, 1.807) is 10.9 Å². The lowest BCUT2D eigenvalue weighted by molar-refractivity contribution is 0.0520. The molecule has 1 aliphatic carbocycles. The molecule has 2 aliphatic rings. The lowest BCUT2D eigenvalue weighted by Gasteiger charge is -2.41. The van der Waals surface area contributed by atoms with E-state index < -0.39 is 0 Å². The van der Waals surface area contributed by atoms with Crippen molar-refractivity contribution < 1.29 is 4.79 Å². The van der Waals surface area contributed by atoms with Crippen LogP contribution in [-0.2, 0) is 0 Å². The second kappa shape index (κ2) is 6.84. The van der Waals surface area contributed by atoms with Crippen LogP contribution in [0.2, 0.25) is 0 Å². The van der Waals surface area contributed by atoms with Crippen LogP contribution in [0.1, 0.15) is 48.2 Å². The second-order valence-electron chi connectivity index (χ2n) is 7.92. The van der Waals surface area contributed by atoms with E-state index in [2.05, 4.69) is 15.1 Å². The molecule has 3 aromatic heterocycles. The quantitative estimate of drug-likeness (QED) is 0.720. The molecule has 1 aliphatic heterocycles. The van der Waals surface area contributed by atoms with Gasteiger partial charge in [-0.25, -0.2) is 9.67 Å². The molecule has 5 rings (SSSR count). The molecule has 2 atom stereocenters. The van der Waals surface area contributed by atoms with E-state index in [1.807, 2.05) is 23.3 Å². The largest absolute Gasteiger partial charge is 0.338 e. The lowest BCUT2D eigenvalue weighted by Crippen LogP contribution is -2.44. The Morgan fingerprint density at radius 1 is 1.25 bits per heavy atom. The molecule has 2 fully saturated rings. The number of carbonyl (C=O) groups is 1. The summed E-state index contributed by atoms with van der Waals surface area (Å²) in [6.07, 6.45) is 7.87. The number of hydrogen-bond acceptors (Lipinski definition) is 5. The Morgan fingerprint density at radius 3 is 2.93 bits per heavy atom. The number of aromatic amines is 1. The fourth-order valence-electron chi connectivity index (χ4n) is 4.75. The average Bonchev–Trinajstić information content (AvgIpc) is 3.34. The molecule has 28 heavy (non-hydrogen) atoms. The number of fused-ring (bicyclic) bond motifs is 2. The van der Waals surface area contributed by atoms with Gasteiger partial charge in [0.05, 0.1) is 23.0 Å². The summed E-state index contributed by atoms with van der Waals surface area (Å²) in [4.78, 5) is 34.7. The van der Waals surface area contributed by atoms with Crippen LogP contribution in [0, 0.1) is 18.8 Å². The third-order valence-electron chi connectivity index (χ3n) is 6.32. The van der Waals surface area contributed by atoms with Crippen LogP contribution in [0.4, 0.5) is 0 Å². The van der Waals surface area contributed by atoms with Crippen LogP contribution >= 0.6 is 11.3 Å². The number of aromatic nitrogens is 4. The number of likely N-dealkylation sites (tertiary alicyclic amines) is 1. The summed E-state index contributed by atoms with van der Waals surface area (Å²) in [5.74, 6) is 1.80. The lowest BCUT2D eigenvalue weighted by atomic mass is 9.75. The van der Waals surface area contributed by atoms with E-state index in [-0.39, 0.29) is 11.5 Å². The SMILES string of the molecule is Cc1c(C(=O)N2CC[C@H]3CCCC[C@H]3C2)cnn1-c1nc2ccsc2c(=O)[nH]1. The average molecular weight is 398 g/mol. The summed E-state index contributed by atoms with van der Waals surface area (Å²) in [5.41, 5.74) is 1.75. The normalized spacial score (nSPS) is 22.4. The Hall–Kier alpha value is -2.48. The van der Waals surface area contributed by atoms with E-state index in [4.69, 9.17) is 0 Å². The van der Waals surface area contributed by atoms with Crippen molar-refractivity contribution in [2.75, 3.05) is 13.1 Å². The van der Waals surface area contributed by atoms with Crippen molar-refractivity contribution in [1.82, 2.24) is 24.6 Å². The summed E-state index contributed by atoms with van der Waals surface area (Å²) in [7, 11) is 0. The number of H-pyrrole nitrogens is 1. The van der Waals surface area contributed by atoms with Gasteiger partial charge in [0.25, 0.3) is 11.5 Å². The van der Waals surface area contributed by atoms with E-state index in [9.17, 15) is 9.59 Å². The van der Waals surface area contributed by atoms with Gasteiger partial charge in [-0.05, 0) is 43.0 Å². The third kappa shape index (κ3) is 2.87. The molecule has 8 heteroatoms. The van der Waals surface area contributed by atoms with Gasteiger partial charge in [-0.3, -0.25) is 14.6 Å². The summed E-state index contributed by atoms with van der Waals surface area (Å²) >= 11 is 1.36. The standard InChI is InChI=1S/C20H23N5O2S/c1-12-15(19(27)24-8-6-13-4-2-3-5-14(13)11-24)10-21-25(12)20-22-16-7-9-28-17(16)18(26)23-20/h7,9-10,13-14H,2-6,8,11H2,1H3,(H,22,23,26)/t13-,14+/m1/s1. The minimum atomic E-state index is -0.183. The highest BCUT2D eigenvalue weighted by Crippen LogP contribution is 2.36. The molecule has 1 saturated heterocycles. The van der Waals surface area contributed by atoms with Crippen LogP contribution in [-0.4, -0.2) is 43.6 Å². The van der Waals surface area contributed by atoms with Gasteiger partial charge in [0.2, 0.25) is 5.95 Å². The van der Waals surface area contributed by atoms with Crippen LogP contribution in [0.3, 0.4) is 0 Å². The monoisotopic (exact) mass is 397 g/mol. The molecule has 0 bridgehead atoms. The Bertz CT molecular complexity index is 1100. The number of hydrogen-bond donors (Lipinski definition) is 1. The molecule has 0 radical (unpaired) electrons. The Morgan fingerprint density at radius 2 is 2.07 bits per heavy atom. The molecule has 0 spiro atoms. The Balaban J connectivity index is 1.43. The van der Waals surface area contributed by atoms with E-state index in [0.717, 1.165) is 25.4 Å². The fourth-order valence-corrected chi connectivity index (χ4v) is 5.48. The molecule has 0 unspecified atom stereocenters. The van der Waals surface area contributed by atoms with Crippen molar-refractivity contribution in [1.29, 1.82) is 0 Å². The molecule has 3 aromatic rings. The Kier molecular flexibility index (Phi) is 4.30. The minimum Gasteiger partial charge on any atom is -0.338 e.